The second-order valence-corrected chi connectivity index (χ2v) is 7.11. The molecule has 0 bridgehead atoms. The molecule has 1 unspecified atom stereocenters. The molecule has 1 fully saturated rings. The number of likely N-dealkylation sites (tertiary alicyclic amines) is 1. The van der Waals surface area contributed by atoms with Gasteiger partial charge in [-0.15, -0.1) is 0 Å². The number of nitrogens with zero attached hydrogens (tertiary/aromatic N) is 3. The second kappa shape index (κ2) is 7.68. The molecular weight excluding hydrogens is 310 g/mol. The Labute approximate surface area is 142 Å². The van der Waals surface area contributed by atoms with Crippen molar-refractivity contribution >= 4 is 12.1 Å². The topological polar surface area (TPSA) is 73.7 Å². The van der Waals surface area contributed by atoms with E-state index in [2.05, 4.69) is 5.10 Å². The predicted octanol–water partition coefficient (Wildman–Crippen LogP) is 2.71. The van der Waals surface area contributed by atoms with Crippen molar-refractivity contribution in [2.45, 2.75) is 52.7 Å². The summed E-state index contributed by atoms with van der Waals surface area (Å²) in [6, 6.07) is 0. The van der Waals surface area contributed by atoms with Gasteiger partial charge < -0.3 is 14.4 Å². The van der Waals surface area contributed by atoms with Gasteiger partial charge in [-0.2, -0.15) is 5.10 Å². The summed E-state index contributed by atoms with van der Waals surface area (Å²) in [6.45, 7) is 9.75. The van der Waals surface area contributed by atoms with Gasteiger partial charge in [0.15, 0.2) is 0 Å². The summed E-state index contributed by atoms with van der Waals surface area (Å²) in [6.07, 6.45) is 4.92. The lowest BCUT2D eigenvalue weighted by molar-refractivity contribution is 0.0155. The highest BCUT2D eigenvalue weighted by Crippen LogP contribution is 2.20. The molecule has 1 saturated heterocycles. The Hall–Kier alpha value is -2.05. The minimum absolute atomic E-state index is 0.264. The van der Waals surface area contributed by atoms with Gasteiger partial charge in [0, 0.05) is 25.8 Å². The standard InChI is InChI=1S/C17H27N3O4/c1-5-23-15(21)14-9-18-20(12-14)11-13-7-6-8-19(10-13)16(22)24-17(2,3)4/h9,12-13H,5-8,10-11H2,1-4H3. The maximum atomic E-state index is 12.2. The summed E-state index contributed by atoms with van der Waals surface area (Å²) >= 11 is 0. The molecule has 0 spiro atoms. The summed E-state index contributed by atoms with van der Waals surface area (Å²) in [7, 11) is 0. The van der Waals surface area contributed by atoms with Crippen LogP contribution in [0.2, 0.25) is 0 Å². The van der Waals surface area contributed by atoms with Crippen molar-refractivity contribution in [2.75, 3.05) is 19.7 Å². The van der Waals surface area contributed by atoms with Gasteiger partial charge in [-0.05, 0) is 46.5 Å². The minimum atomic E-state index is -0.486. The Morgan fingerprint density at radius 2 is 2.12 bits per heavy atom. The van der Waals surface area contributed by atoms with E-state index in [9.17, 15) is 9.59 Å². The lowest BCUT2D eigenvalue weighted by atomic mass is 9.98. The van der Waals surface area contributed by atoms with Gasteiger partial charge >= 0.3 is 12.1 Å². The van der Waals surface area contributed by atoms with Crippen LogP contribution in [0, 0.1) is 5.92 Å². The molecule has 1 aromatic rings. The molecule has 0 aromatic carbocycles. The Bertz CT molecular complexity index is 577. The van der Waals surface area contributed by atoms with Crippen LogP contribution in [0.5, 0.6) is 0 Å². The number of ether oxygens (including phenoxy) is 2. The van der Waals surface area contributed by atoms with E-state index >= 15 is 0 Å². The van der Waals surface area contributed by atoms with Crippen LogP contribution >= 0.6 is 0 Å². The van der Waals surface area contributed by atoms with E-state index in [1.165, 1.54) is 6.20 Å². The van der Waals surface area contributed by atoms with Crippen LogP contribution in [0.1, 0.15) is 50.9 Å². The van der Waals surface area contributed by atoms with E-state index in [1.54, 1.807) is 22.7 Å². The SMILES string of the molecule is CCOC(=O)c1cnn(CC2CCCN(C(=O)OC(C)(C)C)C2)c1. The van der Waals surface area contributed by atoms with Crippen molar-refractivity contribution in [2.24, 2.45) is 5.92 Å². The van der Waals surface area contributed by atoms with Gasteiger partial charge in [-0.25, -0.2) is 9.59 Å². The molecule has 7 heteroatoms. The molecule has 134 valence electrons. The van der Waals surface area contributed by atoms with Crippen LogP contribution in [0.3, 0.4) is 0 Å². The van der Waals surface area contributed by atoms with Crippen molar-refractivity contribution < 1.29 is 19.1 Å². The largest absolute Gasteiger partial charge is 0.462 e. The highest BCUT2D eigenvalue weighted by atomic mass is 16.6. The molecule has 24 heavy (non-hydrogen) atoms. The summed E-state index contributed by atoms with van der Waals surface area (Å²) in [5.41, 5.74) is -0.0303. The number of esters is 1. The third-order valence-corrected chi connectivity index (χ3v) is 3.76. The molecule has 2 rings (SSSR count). The van der Waals surface area contributed by atoms with E-state index in [0.717, 1.165) is 19.4 Å². The van der Waals surface area contributed by atoms with Crippen LogP contribution in [0.15, 0.2) is 12.4 Å². The van der Waals surface area contributed by atoms with E-state index in [4.69, 9.17) is 9.47 Å². The lowest BCUT2D eigenvalue weighted by Crippen LogP contribution is -2.43. The number of piperidine rings is 1. The maximum Gasteiger partial charge on any atom is 0.410 e. The Morgan fingerprint density at radius 1 is 1.38 bits per heavy atom. The number of carbonyl (C=O) groups excluding carboxylic acids is 2. The number of hydrogen-bond donors (Lipinski definition) is 0. The molecule has 1 aliphatic rings. The molecule has 1 aromatic heterocycles. The lowest BCUT2D eigenvalue weighted by Gasteiger charge is -2.34. The van der Waals surface area contributed by atoms with Gasteiger partial charge in [0.25, 0.3) is 0 Å². The zero-order valence-corrected chi connectivity index (χ0v) is 14.9. The number of rotatable bonds is 4. The molecule has 0 saturated carbocycles. The molecule has 0 radical (unpaired) electrons. The summed E-state index contributed by atoms with van der Waals surface area (Å²) < 4.78 is 12.2. The van der Waals surface area contributed by atoms with Crippen molar-refractivity contribution in [1.82, 2.24) is 14.7 Å². The monoisotopic (exact) mass is 337 g/mol. The number of hydrogen-bond acceptors (Lipinski definition) is 5. The van der Waals surface area contributed by atoms with E-state index in [0.29, 0.717) is 31.2 Å². The highest BCUT2D eigenvalue weighted by molar-refractivity contribution is 5.88. The zero-order chi connectivity index (χ0) is 17.7. The van der Waals surface area contributed by atoms with E-state index < -0.39 is 5.60 Å². The molecule has 0 N–H and O–H groups in total. The minimum Gasteiger partial charge on any atom is -0.462 e. The summed E-state index contributed by atoms with van der Waals surface area (Å²) in [4.78, 5) is 25.6. The molecule has 0 aliphatic carbocycles. The highest BCUT2D eigenvalue weighted by Gasteiger charge is 2.28. The quantitative estimate of drug-likeness (QED) is 0.790. The van der Waals surface area contributed by atoms with Gasteiger partial charge in [-0.3, -0.25) is 4.68 Å². The van der Waals surface area contributed by atoms with Gasteiger partial charge in [0.2, 0.25) is 0 Å². The van der Waals surface area contributed by atoms with Crippen molar-refractivity contribution in [3.63, 3.8) is 0 Å². The van der Waals surface area contributed by atoms with Crippen molar-refractivity contribution in [3.8, 4) is 0 Å². The Morgan fingerprint density at radius 3 is 2.79 bits per heavy atom. The van der Waals surface area contributed by atoms with Crippen molar-refractivity contribution in [1.29, 1.82) is 0 Å². The van der Waals surface area contributed by atoms with Crippen LogP contribution in [-0.4, -0.2) is 52.0 Å². The molecular formula is C17H27N3O4. The predicted molar refractivity (Wildman–Crippen MR) is 88.7 cm³/mol. The molecule has 7 nitrogen and oxygen atoms in total. The average molecular weight is 337 g/mol. The molecule has 1 amide bonds. The van der Waals surface area contributed by atoms with Crippen LogP contribution < -0.4 is 0 Å². The zero-order valence-electron chi connectivity index (χ0n) is 14.9. The van der Waals surface area contributed by atoms with E-state index in [-0.39, 0.29) is 12.1 Å². The molecule has 1 atom stereocenters. The smallest absolute Gasteiger partial charge is 0.410 e. The Kier molecular flexibility index (Phi) is 5.85. The fraction of sp³-hybridized carbons (Fsp3) is 0.706. The van der Waals surface area contributed by atoms with Crippen LogP contribution in [0.25, 0.3) is 0 Å². The molecule has 1 aliphatic heterocycles. The first-order valence-electron chi connectivity index (χ1n) is 8.46. The second-order valence-electron chi connectivity index (χ2n) is 7.11. The third-order valence-electron chi connectivity index (χ3n) is 3.76. The van der Waals surface area contributed by atoms with Gasteiger partial charge in [0.05, 0.1) is 18.4 Å². The normalized spacial score (nSPS) is 18.3. The van der Waals surface area contributed by atoms with Gasteiger partial charge in [0.1, 0.15) is 5.60 Å². The number of amides is 1. The van der Waals surface area contributed by atoms with E-state index in [1.807, 2.05) is 20.8 Å². The third kappa shape index (κ3) is 5.25. The fourth-order valence-electron chi connectivity index (χ4n) is 2.75. The summed E-state index contributed by atoms with van der Waals surface area (Å²) in [5, 5.41) is 4.22. The van der Waals surface area contributed by atoms with Crippen molar-refractivity contribution in [3.05, 3.63) is 18.0 Å². The first-order valence-corrected chi connectivity index (χ1v) is 8.46. The first-order chi connectivity index (χ1) is 11.3. The molecule has 2 heterocycles. The summed E-state index contributed by atoms with van der Waals surface area (Å²) in [5.74, 6) is -0.0658. The average Bonchev–Trinajstić information content (AvgIpc) is 2.94. The van der Waals surface area contributed by atoms with Crippen LogP contribution in [-0.2, 0) is 16.0 Å². The fourth-order valence-corrected chi connectivity index (χ4v) is 2.75. The van der Waals surface area contributed by atoms with Gasteiger partial charge in [-0.1, -0.05) is 0 Å². The maximum absolute atomic E-state index is 12.2. The number of carbonyl (C=O) groups is 2. The Balaban J connectivity index is 1.91. The van der Waals surface area contributed by atoms with Crippen LogP contribution in [0.4, 0.5) is 4.79 Å². The first kappa shape index (κ1) is 18.3. The number of aromatic nitrogens is 2.